The van der Waals surface area contributed by atoms with Gasteiger partial charge < -0.3 is 15.2 Å². The van der Waals surface area contributed by atoms with Crippen molar-refractivity contribution >= 4 is 121 Å². The molecule has 8 heteroatoms. The number of anilines is 4. The van der Waals surface area contributed by atoms with Crippen LogP contribution in [0.2, 0.25) is 78.6 Å². The third-order valence-corrected chi connectivity index (χ3v) is 33.6. The van der Waals surface area contributed by atoms with Crippen molar-refractivity contribution in [2.45, 2.75) is 209 Å². The number of hydrogen-bond acceptors (Lipinski definition) is 2. The molecule has 1 aromatic heterocycles. The Bertz CT molecular complexity index is 6040. The normalized spacial score (nSPS) is 14.0. The summed E-state index contributed by atoms with van der Waals surface area (Å²) in [6.07, 6.45) is 0. The first-order valence-corrected chi connectivity index (χ1v) is 57.0. The summed E-state index contributed by atoms with van der Waals surface area (Å²) in [5.41, 5.74) is 32.4. The quantitative estimate of drug-likeness (QED) is 0.113. The van der Waals surface area contributed by atoms with E-state index in [1.54, 1.807) is 0 Å². The largest absolute Gasteiger partial charge is 0.356 e. The maximum atomic E-state index is 10.2. The molecule has 2 N–H and O–H groups in total. The average Bonchev–Trinajstić information content (AvgIpc) is 1.10. The maximum Gasteiger partial charge on any atom is 0.252 e. The van der Waals surface area contributed by atoms with Crippen molar-refractivity contribution in [2.75, 3.05) is 10.6 Å². The Hall–Kier alpha value is -9.81. The lowest BCUT2D eigenvalue weighted by molar-refractivity contribution is 0.568. The second-order valence-corrected chi connectivity index (χ2v) is 63.8. The zero-order valence-corrected chi connectivity index (χ0v) is 79.4. The smallest absolute Gasteiger partial charge is 0.252 e. The van der Waals surface area contributed by atoms with E-state index in [0.717, 1.165) is 150 Å². The van der Waals surface area contributed by atoms with E-state index in [1.807, 2.05) is 0 Å². The summed E-state index contributed by atoms with van der Waals surface area (Å²) >= 11 is 0. The first-order chi connectivity index (χ1) is 56.8. The Kier molecular flexibility index (Phi) is 18.9. The molecular formula is C110H124BN3Si4. The summed E-state index contributed by atoms with van der Waals surface area (Å²) in [6, 6.07) is 87.7. The first kappa shape index (κ1) is 76.8. The molecule has 0 amide bonds. The van der Waals surface area contributed by atoms with Crippen molar-refractivity contribution in [3.05, 3.63) is 276 Å². The Morgan fingerprint density at radius 3 is 0.915 bits per heavy atom. The van der Waals surface area contributed by atoms with E-state index in [9.17, 15) is 5.48 Å². The second kappa shape index (κ2) is 29.0. The molecule has 0 fully saturated rings. The van der Waals surface area contributed by atoms with Crippen molar-refractivity contribution in [3.8, 4) is 94.7 Å². The van der Waals surface area contributed by atoms with Gasteiger partial charge in [-0.1, -0.05) is 409 Å². The van der Waals surface area contributed by atoms with Gasteiger partial charge in [-0.15, -0.1) is 0 Å². The monoisotopic (exact) mass is 1610 g/mol. The van der Waals surface area contributed by atoms with Crippen LogP contribution >= 0.6 is 0 Å². The molecule has 598 valence electrons. The molecule has 0 spiro atoms. The topological polar surface area (TPSA) is 29.0 Å². The molecule has 13 aromatic carbocycles. The van der Waals surface area contributed by atoms with Crippen LogP contribution in [0.5, 0.6) is 0 Å². The fraction of sp³-hybridized carbons (Fsp3) is 0.291. The molecule has 0 aliphatic carbocycles. The molecule has 2 aliphatic rings. The Morgan fingerprint density at radius 2 is 0.602 bits per heavy atom. The van der Waals surface area contributed by atoms with E-state index in [-0.39, 0.29) is 51.2 Å². The number of rotatable bonds is 13. The highest BCUT2D eigenvalue weighted by molar-refractivity contribution is 7.00. The molecular weight excluding hydrogens is 1490 g/mol. The Balaban J connectivity index is 1.13. The minimum atomic E-state index is -1.75. The van der Waals surface area contributed by atoms with Crippen LogP contribution < -0.4 is 47.8 Å². The van der Waals surface area contributed by atoms with Gasteiger partial charge in [0.05, 0.1) is 54.5 Å². The third-order valence-electron chi connectivity index (χ3n) is 25.4. The molecule has 118 heavy (non-hydrogen) atoms. The molecule has 0 unspecified atom stereocenters. The standard InChI is InChI=1S/C110H124BN3Si4/c1-106(2,3)77-46-55-100-92(66-77)91-32-28-29-37-99(91)114(100)82-67-97-103-98(68-82)113-105-94(102-89(71-42-51-85(52-43-71)117(22,23)24)35-31-36-90(102)72-44-53-86(54-45-72)118(25,26)27)61-76(74-58-80(109(10,11)12)65-81(59-74)110(13,14)15)63-96(105)111(103)95-62-75(73-56-78(107(4,5)6)64-79(57-73)108(7,8)9)60-93(104(95)112-97)101-87(69-38-47-83(48-39-69)115(16,17)18)33-30-34-88(101)70-40-49-84(50-41-70)116(19,20)21/h28-68,112-113H,1-27H3/i28D,29D,32D,37D. The van der Waals surface area contributed by atoms with Crippen LogP contribution in [0.3, 0.4) is 0 Å². The molecule has 0 saturated heterocycles. The van der Waals surface area contributed by atoms with Crippen LogP contribution in [-0.2, 0) is 27.1 Å². The molecule has 3 heterocycles. The fourth-order valence-electron chi connectivity index (χ4n) is 17.8. The SMILES string of the molecule is [2H]c1c([2H])c([2H])c2c(c1[2H])c1cc(C(C)(C)C)ccc1n2-c1cc2c3c(c1)Nc1c(cc(-c4cc(C(C)(C)C)cc(C(C)(C)C)c4)cc1-c1c(-c4ccc([Si](C)(C)C)cc4)cccc1-c1ccc([Si](C)(C)C)cc1)B3c1cc(-c3cc(C(C)(C)C)cc(C(C)(C)C)c3)cc(-c3c(-c4ccc([Si](C)(C)C)cc4)cccc3-c3ccc([Si](C)(C)C)cc3)c1N2. The number of aromatic nitrogens is 1. The molecule has 2 aliphatic heterocycles. The summed E-state index contributed by atoms with van der Waals surface area (Å²) in [6.45, 7) is 63.7. The first-order valence-electron chi connectivity index (χ1n) is 45.0. The minimum absolute atomic E-state index is 0.0556. The average molecular weight is 1620 g/mol. The molecule has 3 nitrogen and oxygen atoms in total. The van der Waals surface area contributed by atoms with Crippen LogP contribution in [0.4, 0.5) is 22.7 Å². The van der Waals surface area contributed by atoms with Gasteiger partial charge in [-0.3, -0.25) is 0 Å². The van der Waals surface area contributed by atoms with E-state index in [0.29, 0.717) is 10.9 Å². The van der Waals surface area contributed by atoms with Crippen molar-refractivity contribution in [2.24, 2.45) is 0 Å². The Morgan fingerprint density at radius 1 is 0.288 bits per heavy atom. The van der Waals surface area contributed by atoms with Crippen LogP contribution in [0.15, 0.2) is 249 Å². The highest BCUT2D eigenvalue weighted by Crippen LogP contribution is 2.52. The molecule has 0 atom stereocenters. The summed E-state index contributed by atoms with van der Waals surface area (Å²) in [5.74, 6) is 0. The number of nitrogens with one attached hydrogen (secondary N) is 2. The fourth-order valence-corrected chi connectivity index (χ4v) is 22.5. The zero-order valence-electron chi connectivity index (χ0n) is 79.4. The lowest BCUT2D eigenvalue weighted by Crippen LogP contribution is -2.59. The van der Waals surface area contributed by atoms with E-state index >= 15 is 0 Å². The van der Waals surface area contributed by atoms with Crippen molar-refractivity contribution in [1.82, 2.24) is 4.57 Å². The Labute approximate surface area is 717 Å². The number of fused-ring (bicyclic) bond motifs is 7. The van der Waals surface area contributed by atoms with Gasteiger partial charge in [0.15, 0.2) is 0 Å². The van der Waals surface area contributed by atoms with Gasteiger partial charge in [0, 0.05) is 44.6 Å². The predicted octanol–water partition coefficient (Wildman–Crippen LogP) is 27.4. The lowest BCUT2D eigenvalue weighted by Gasteiger charge is -2.38. The van der Waals surface area contributed by atoms with Gasteiger partial charge in [0.1, 0.15) is 0 Å². The van der Waals surface area contributed by atoms with Crippen LogP contribution in [-0.4, -0.2) is 43.6 Å². The van der Waals surface area contributed by atoms with Gasteiger partial charge in [0.2, 0.25) is 0 Å². The van der Waals surface area contributed by atoms with Gasteiger partial charge >= 0.3 is 0 Å². The molecule has 14 aromatic rings. The van der Waals surface area contributed by atoms with Gasteiger partial charge in [-0.05, 0) is 192 Å². The third kappa shape index (κ3) is 15.4. The molecule has 0 bridgehead atoms. The van der Waals surface area contributed by atoms with E-state index in [2.05, 4.69) is 422 Å². The van der Waals surface area contributed by atoms with E-state index in [4.69, 9.17) is 0 Å². The van der Waals surface area contributed by atoms with Crippen LogP contribution in [0.25, 0.3) is 117 Å². The zero-order chi connectivity index (χ0) is 87.9. The second-order valence-electron chi connectivity index (χ2n) is 43.5. The highest BCUT2D eigenvalue weighted by atomic mass is 28.3. The predicted molar refractivity (Wildman–Crippen MR) is 534 cm³/mol. The minimum Gasteiger partial charge on any atom is -0.356 e. The number of hydrogen-bond donors (Lipinski definition) is 2. The molecule has 0 radical (unpaired) electrons. The molecule has 0 saturated carbocycles. The van der Waals surface area contributed by atoms with Crippen molar-refractivity contribution < 1.29 is 5.48 Å². The van der Waals surface area contributed by atoms with Crippen molar-refractivity contribution in [3.63, 3.8) is 0 Å². The maximum absolute atomic E-state index is 10.2. The van der Waals surface area contributed by atoms with Crippen molar-refractivity contribution in [1.29, 1.82) is 0 Å². The summed E-state index contributed by atoms with van der Waals surface area (Å²) in [7, 11) is -7.01. The van der Waals surface area contributed by atoms with Gasteiger partial charge in [0.25, 0.3) is 6.71 Å². The number of nitrogens with zero attached hydrogens (tertiary/aromatic N) is 1. The molecule has 16 rings (SSSR count). The van der Waals surface area contributed by atoms with Crippen LogP contribution in [0.1, 0.15) is 137 Å². The number of benzene rings is 13. The highest BCUT2D eigenvalue weighted by Gasteiger charge is 2.43. The van der Waals surface area contributed by atoms with Gasteiger partial charge in [-0.25, -0.2) is 0 Å². The summed E-state index contributed by atoms with van der Waals surface area (Å²) < 4.78 is 41.1. The van der Waals surface area contributed by atoms with E-state index in [1.165, 1.54) is 43.0 Å². The van der Waals surface area contributed by atoms with E-state index < -0.39 is 39.0 Å². The van der Waals surface area contributed by atoms with Crippen LogP contribution in [0, 0.1) is 0 Å². The number of para-hydroxylation sites is 1. The summed E-state index contributed by atoms with van der Waals surface area (Å²) in [5, 5.41) is 15.8. The van der Waals surface area contributed by atoms with Gasteiger partial charge in [-0.2, -0.15) is 0 Å². The summed E-state index contributed by atoms with van der Waals surface area (Å²) in [4.78, 5) is 0. The lowest BCUT2D eigenvalue weighted by atomic mass is 9.33.